The molecule has 3 saturated heterocycles. The molecule has 12 heteroatoms. The van der Waals surface area contributed by atoms with E-state index >= 15 is 0 Å². The fraction of sp³-hybridized carbons (Fsp3) is 0.380. The lowest BCUT2D eigenvalue weighted by atomic mass is 9.94. The Morgan fingerprint density at radius 1 is 0.548 bits per heavy atom. The molecule has 1 amide bonds. The summed E-state index contributed by atoms with van der Waals surface area (Å²) in [7, 11) is 1.58. The molecule has 326 valence electrons. The quantitative estimate of drug-likeness (QED) is 0.0977. The topological polar surface area (TPSA) is 121 Å². The van der Waals surface area contributed by atoms with Gasteiger partial charge in [-0.1, -0.05) is 152 Å². The van der Waals surface area contributed by atoms with E-state index in [-0.39, 0.29) is 38.9 Å². The minimum Gasteiger partial charge on any atom is -0.368 e. The zero-order valence-corrected chi connectivity index (χ0v) is 35.0. The Morgan fingerprint density at radius 3 is 1.52 bits per heavy atom. The number of methoxy groups -OCH3 is 1. The summed E-state index contributed by atoms with van der Waals surface area (Å²) in [5.74, 6) is -0.282. The van der Waals surface area contributed by atoms with Crippen LogP contribution < -0.4 is 5.32 Å². The number of rotatable bonds is 18. The van der Waals surface area contributed by atoms with Gasteiger partial charge in [-0.15, -0.1) is 0 Å². The minimum atomic E-state index is -1.00. The monoisotopic (exact) mass is 845 g/mol. The first kappa shape index (κ1) is 43.8. The summed E-state index contributed by atoms with van der Waals surface area (Å²) in [6.45, 7) is 2.74. The number of hydrogen-bond donors (Lipinski definition) is 1. The Kier molecular flexibility index (Phi) is 15.5. The molecule has 5 aromatic rings. The summed E-state index contributed by atoms with van der Waals surface area (Å²) < 4.78 is 65.9. The van der Waals surface area contributed by atoms with Crippen molar-refractivity contribution in [3.63, 3.8) is 0 Å². The van der Waals surface area contributed by atoms with E-state index in [1.54, 1.807) is 7.11 Å². The van der Waals surface area contributed by atoms with Gasteiger partial charge in [-0.25, -0.2) is 0 Å². The number of fused-ring (bicyclic) bond motifs is 1. The molecule has 3 fully saturated rings. The van der Waals surface area contributed by atoms with Gasteiger partial charge in [0, 0.05) is 19.6 Å². The van der Waals surface area contributed by atoms with E-state index in [4.69, 9.17) is 47.4 Å². The Morgan fingerprint density at radius 2 is 1.02 bits per heavy atom. The first-order valence-electron chi connectivity index (χ1n) is 21.2. The summed E-state index contributed by atoms with van der Waals surface area (Å²) >= 11 is 0. The molecule has 0 radical (unpaired) electrons. The van der Waals surface area contributed by atoms with E-state index in [0.717, 1.165) is 27.8 Å². The van der Waals surface area contributed by atoms with E-state index in [1.807, 2.05) is 152 Å². The van der Waals surface area contributed by atoms with Crippen molar-refractivity contribution in [2.75, 3.05) is 20.3 Å². The molecule has 3 heterocycles. The molecule has 3 aliphatic heterocycles. The van der Waals surface area contributed by atoms with Gasteiger partial charge in [-0.2, -0.15) is 0 Å². The lowest BCUT2D eigenvalue weighted by molar-refractivity contribution is -0.360. The first-order chi connectivity index (χ1) is 30.5. The maximum absolute atomic E-state index is 13.0. The van der Waals surface area contributed by atoms with Gasteiger partial charge in [-0.05, 0) is 22.3 Å². The van der Waals surface area contributed by atoms with Crippen molar-refractivity contribution in [2.24, 2.45) is 0 Å². The smallest absolute Gasteiger partial charge is 0.217 e. The van der Waals surface area contributed by atoms with Crippen LogP contribution in [0.25, 0.3) is 0 Å². The highest BCUT2D eigenvalue weighted by atomic mass is 16.8. The molecule has 5 aromatic carbocycles. The molecule has 0 saturated carbocycles. The maximum atomic E-state index is 13.0. The molecule has 8 rings (SSSR count). The number of benzene rings is 5. The normalized spacial score (nSPS) is 28.5. The van der Waals surface area contributed by atoms with Crippen LogP contribution in [0.5, 0.6) is 0 Å². The van der Waals surface area contributed by atoms with Crippen molar-refractivity contribution in [1.82, 2.24) is 5.32 Å². The van der Waals surface area contributed by atoms with Crippen molar-refractivity contribution in [3.8, 4) is 0 Å². The Balaban J connectivity index is 1.08. The van der Waals surface area contributed by atoms with Gasteiger partial charge in [0.1, 0.15) is 48.8 Å². The standard InChI is InChI=1S/C50H55NO11/c1-34(52)51-42-45(55-29-36-20-10-4-11-21-36)44-41(33-58-48(62-44)39-26-16-7-17-27-39)60-49(42)59-32-40-43(54-28-35-18-8-3-9-19-35)46(56-30-37-22-12-5-13-23-37)47(50(53-2)61-40)57-31-38-24-14-6-15-25-38/h3-27,40-50H,28-33H2,1-2H3,(H,51,52)/t40-,41-,42-,43-,44+,45-,46+,47-,48?,49-,50+/m1/s1. The zero-order chi connectivity index (χ0) is 42.5. The molecular formula is C50H55NO11. The molecule has 0 bridgehead atoms. The molecule has 3 aliphatic rings. The van der Waals surface area contributed by atoms with Gasteiger partial charge in [0.05, 0.1) is 39.6 Å². The van der Waals surface area contributed by atoms with Crippen LogP contribution in [0.2, 0.25) is 0 Å². The Hall–Kier alpha value is -4.83. The molecule has 12 nitrogen and oxygen atoms in total. The molecule has 0 aromatic heterocycles. The van der Waals surface area contributed by atoms with Crippen molar-refractivity contribution < 1.29 is 52.2 Å². The number of nitrogens with one attached hydrogen (secondary N) is 1. The van der Waals surface area contributed by atoms with E-state index in [9.17, 15) is 4.79 Å². The lowest BCUT2D eigenvalue weighted by Gasteiger charge is -2.50. The molecule has 1 unspecified atom stereocenters. The van der Waals surface area contributed by atoms with E-state index in [0.29, 0.717) is 6.61 Å². The molecule has 1 N–H and O–H groups in total. The van der Waals surface area contributed by atoms with Crippen LogP contribution in [0.15, 0.2) is 152 Å². The Bertz CT molecular complexity index is 2070. The van der Waals surface area contributed by atoms with Gasteiger partial charge in [0.25, 0.3) is 0 Å². The molecule has 62 heavy (non-hydrogen) atoms. The summed E-state index contributed by atoms with van der Waals surface area (Å²) in [4.78, 5) is 13.0. The van der Waals surface area contributed by atoms with E-state index in [2.05, 4.69) is 5.32 Å². The summed E-state index contributed by atoms with van der Waals surface area (Å²) in [6.07, 6.45) is -7.23. The van der Waals surface area contributed by atoms with Crippen LogP contribution in [0.3, 0.4) is 0 Å². The third-order valence-corrected chi connectivity index (χ3v) is 11.2. The van der Waals surface area contributed by atoms with Gasteiger partial charge in [0.15, 0.2) is 18.9 Å². The second kappa shape index (κ2) is 22.0. The summed E-state index contributed by atoms with van der Waals surface area (Å²) in [5.41, 5.74) is 4.78. The number of carbonyl (C=O) groups is 1. The van der Waals surface area contributed by atoms with Crippen LogP contribution in [0.1, 0.15) is 41.0 Å². The Labute approximate surface area is 363 Å². The van der Waals surface area contributed by atoms with Gasteiger partial charge in [-0.3, -0.25) is 4.79 Å². The molecular weight excluding hydrogens is 791 g/mol. The highest BCUT2D eigenvalue weighted by Crippen LogP contribution is 2.37. The highest BCUT2D eigenvalue weighted by molar-refractivity contribution is 5.73. The number of ether oxygens (including phenoxy) is 10. The zero-order valence-electron chi connectivity index (χ0n) is 35.0. The third-order valence-electron chi connectivity index (χ3n) is 11.2. The summed E-state index contributed by atoms with van der Waals surface area (Å²) in [5, 5.41) is 3.08. The minimum absolute atomic E-state index is 0.0339. The van der Waals surface area contributed by atoms with Crippen LogP contribution in [-0.4, -0.2) is 87.6 Å². The molecule has 0 spiro atoms. The van der Waals surface area contributed by atoms with Crippen molar-refractivity contribution >= 4 is 5.91 Å². The average molecular weight is 846 g/mol. The van der Waals surface area contributed by atoms with Crippen molar-refractivity contribution in [3.05, 3.63) is 179 Å². The highest BCUT2D eigenvalue weighted by Gasteiger charge is 2.53. The fourth-order valence-electron chi connectivity index (χ4n) is 8.11. The van der Waals surface area contributed by atoms with E-state index in [1.165, 1.54) is 6.92 Å². The molecule has 0 aliphatic carbocycles. The first-order valence-corrected chi connectivity index (χ1v) is 21.2. The second-order valence-corrected chi connectivity index (χ2v) is 15.6. The predicted molar refractivity (Wildman–Crippen MR) is 228 cm³/mol. The van der Waals surface area contributed by atoms with Crippen molar-refractivity contribution in [1.29, 1.82) is 0 Å². The largest absolute Gasteiger partial charge is 0.368 e. The van der Waals surface area contributed by atoms with Crippen LogP contribution in [0, 0.1) is 0 Å². The average Bonchev–Trinajstić information content (AvgIpc) is 3.32. The summed E-state index contributed by atoms with van der Waals surface area (Å²) in [6, 6.07) is 48.6. The van der Waals surface area contributed by atoms with Crippen LogP contribution in [0.4, 0.5) is 0 Å². The SMILES string of the molecule is CO[C@H]1O[C@H](CO[C@@H]2O[C@@H]3COC(c4ccccc4)O[C@@H]3[C@H](OCc3ccccc3)[C@H]2NC(C)=O)[C@@H](OCc2ccccc2)[C@H](OCc2ccccc2)[C@H]1OCc1ccccc1. The second-order valence-electron chi connectivity index (χ2n) is 15.6. The van der Waals surface area contributed by atoms with Gasteiger partial charge in [0.2, 0.25) is 5.91 Å². The fourth-order valence-corrected chi connectivity index (χ4v) is 8.11. The van der Waals surface area contributed by atoms with E-state index < -0.39 is 67.6 Å². The maximum Gasteiger partial charge on any atom is 0.217 e. The van der Waals surface area contributed by atoms with Crippen LogP contribution >= 0.6 is 0 Å². The number of amides is 1. The van der Waals surface area contributed by atoms with Gasteiger partial charge < -0.3 is 52.7 Å². The predicted octanol–water partition coefficient (Wildman–Crippen LogP) is 7.06. The molecule has 11 atom stereocenters. The lowest BCUT2D eigenvalue weighted by Crippen LogP contribution is -2.68. The number of hydrogen-bond acceptors (Lipinski definition) is 11. The third kappa shape index (κ3) is 11.4. The van der Waals surface area contributed by atoms with Crippen molar-refractivity contribution in [2.45, 2.75) is 101 Å². The number of carbonyl (C=O) groups excluding carboxylic acids is 1. The van der Waals surface area contributed by atoms with Crippen LogP contribution in [-0.2, 0) is 78.6 Å². The van der Waals surface area contributed by atoms with Gasteiger partial charge >= 0.3 is 0 Å².